The Bertz CT molecular complexity index is 1080. The number of piperazine rings is 1. The zero-order valence-corrected chi connectivity index (χ0v) is 21.3. The number of ether oxygens (including phenoxy) is 1. The van der Waals surface area contributed by atoms with Crippen LogP contribution in [0.4, 0.5) is 5.69 Å². The van der Waals surface area contributed by atoms with Crippen molar-refractivity contribution in [2.45, 2.75) is 62.8 Å². The third kappa shape index (κ3) is 5.06. The quantitative estimate of drug-likeness (QED) is 0.675. The van der Waals surface area contributed by atoms with Gasteiger partial charge in [-0.15, -0.1) is 0 Å². The highest BCUT2D eigenvalue weighted by Gasteiger charge is 2.37. The zero-order valence-electron chi connectivity index (χ0n) is 20.5. The Labute approximate surface area is 207 Å². The fraction of sp³-hybridized carbons (Fsp3) is 0.680. The van der Waals surface area contributed by atoms with Crippen LogP contribution < -0.4 is 10.1 Å². The van der Waals surface area contributed by atoms with E-state index in [2.05, 4.69) is 10.2 Å². The SMILES string of the molecule is Cc1cc2c(cc1S(=O)(=O)N1CCC[C@@H](C(=O)N3CCN(C4CCCCC4)CC3)C1)OCC(=O)N2. The van der Waals surface area contributed by atoms with Gasteiger partial charge in [-0.2, -0.15) is 4.31 Å². The summed E-state index contributed by atoms with van der Waals surface area (Å²) >= 11 is 0. The summed E-state index contributed by atoms with van der Waals surface area (Å²) in [6.45, 7) is 5.47. The molecule has 1 saturated carbocycles. The number of sulfonamides is 1. The molecule has 0 unspecified atom stereocenters. The van der Waals surface area contributed by atoms with E-state index in [1.807, 2.05) is 4.90 Å². The molecule has 35 heavy (non-hydrogen) atoms. The monoisotopic (exact) mass is 504 g/mol. The zero-order chi connectivity index (χ0) is 24.6. The minimum atomic E-state index is -3.80. The second-order valence-corrected chi connectivity index (χ2v) is 12.2. The van der Waals surface area contributed by atoms with E-state index in [1.54, 1.807) is 13.0 Å². The van der Waals surface area contributed by atoms with Gasteiger partial charge in [0.05, 0.1) is 16.5 Å². The van der Waals surface area contributed by atoms with Gasteiger partial charge in [0.1, 0.15) is 5.75 Å². The number of carbonyl (C=O) groups is 2. The first kappa shape index (κ1) is 24.5. The fourth-order valence-electron chi connectivity index (χ4n) is 6.01. The summed E-state index contributed by atoms with van der Waals surface area (Å²) in [6.07, 6.45) is 7.86. The van der Waals surface area contributed by atoms with Crippen LogP contribution in [0.2, 0.25) is 0 Å². The molecule has 1 aromatic rings. The van der Waals surface area contributed by atoms with Crippen molar-refractivity contribution in [1.82, 2.24) is 14.1 Å². The molecule has 0 spiro atoms. The van der Waals surface area contributed by atoms with E-state index in [4.69, 9.17) is 4.74 Å². The number of hydrogen-bond acceptors (Lipinski definition) is 6. The number of amides is 2. The highest BCUT2D eigenvalue weighted by molar-refractivity contribution is 7.89. The van der Waals surface area contributed by atoms with E-state index < -0.39 is 10.0 Å². The van der Waals surface area contributed by atoms with Gasteiger partial charge in [0, 0.05) is 51.4 Å². The summed E-state index contributed by atoms with van der Waals surface area (Å²) in [4.78, 5) is 29.6. The topological polar surface area (TPSA) is 99.3 Å². The Kier molecular flexibility index (Phi) is 7.05. The number of piperidine rings is 1. The van der Waals surface area contributed by atoms with Gasteiger partial charge in [-0.1, -0.05) is 19.3 Å². The van der Waals surface area contributed by atoms with Crippen LogP contribution in [0, 0.1) is 12.8 Å². The number of benzene rings is 1. The predicted molar refractivity (Wildman–Crippen MR) is 132 cm³/mol. The Morgan fingerprint density at radius 3 is 2.49 bits per heavy atom. The van der Waals surface area contributed by atoms with E-state index in [1.165, 1.54) is 42.5 Å². The maximum atomic E-state index is 13.6. The van der Waals surface area contributed by atoms with Crippen LogP contribution in [-0.2, 0) is 19.6 Å². The number of fused-ring (bicyclic) bond motifs is 1. The second-order valence-electron chi connectivity index (χ2n) is 10.3. The number of carbonyl (C=O) groups excluding carboxylic acids is 2. The molecule has 2 amide bonds. The van der Waals surface area contributed by atoms with Gasteiger partial charge in [-0.25, -0.2) is 8.42 Å². The van der Waals surface area contributed by atoms with Crippen molar-refractivity contribution in [2.24, 2.45) is 5.92 Å². The number of nitrogens with zero attached hydrogens (tertiary/aromatic N) is 3. The Balaban J connectivity index is 1.24. The lowest BCUT2D eigenvalue weighted by Crippen LogP contribution is -2.55. The summed E-state index contributed by atoms with van der Waals surface area (Å²) in [5.41, 5.74) is 1.03. The van der Waals surface area contributed by atoms with E-state index in [-0.39, 0.29) is 35.8 Å². The molecule has 2 saturated heterocycles. The minimum Gasteiger partial charge on any atom is -0.482 e. The molecule has 0 bridgehead atoms. The van der Waals surface area contributed by atoms with Gasteiger partial charge in [0.15, 0.2) is 6.61 Å². The van der Waals surface area contributed by atoms with E-state index in [9.17, 15) is 18.0 Å². The Hall–Kier alpha value is -2.17. The van der Waals surface area contributed by atoms with Crippen LogP contribution in [0.25, 0.3) is 0 Å². The molecule has 0 radical (unpaired) electrons. The first-order chi connectivity index (χ1) is 16.8. The summed E-state index contributed by atoms with van der Waals surface area (Å²) in [5, 5.41) is 2.72. The van der Waals surface area contributed by atoms with Crippen molar-refractivity contribution >= 4 is 27.5 Å². The number of rotatable bonds is 4. The van der Waals surface area contributed by atoms with Crippen LogP contribution >= 0.6 is 0 Å². The summed E-state index contributed by atoms with van der Waals surface area (Å²) < 4.78 is 34.0. The van der Waals surface area contributed by atoms with Gasteiger partial charge >= 0.3 is 0 Å². The lowest BCUT2D eigenvalue weighted by molar-refractivity contribution is -0.139. The molecule has 1 aliphatic carbocycles. The first-order valence-electron chi connectivity index (χ1n) is 12.9. The molecule has 3 aliphatic heterocycles. The number of anilines is 1. The van der Waals surface area contributed by atoms with E-state index >= 15 is 0 Å². The van der Waals surface area contributed by atoms with Gasteiger partial charge in [-0.05, 0) is 44.2 Å². The second kappa shape index (κ2) is 10.1. The van der Waals surface area contributed by atoms with Gasteiger partial charge in [-0.3, -0.25) is 14.5 Å². The van der Waals surface area contributed by atoms with Crippen molar-refractivity contribution in [3.8, 4) is 5.75 Å². The number of aryl methyl sites for hydroxylation is 1. The molecule has 1 aromatic carbocycles. The highest BCUT2D eigenvalue weighted by Crippen LogP contribution is 2.35. The Morgan fingerprint density at radius 1 is 1.00 bits per heavy atom. The highest BCUT2D eigenvalue weighted by atomic mass is 32.2. The van der Waals surface area contributed by atoms with Crippen molar-refractivity contribution in [3.63, 3.8) is 0 Å². The molecule has 3 fully saturated rings. The molecule has 1 N–H and O–H groups in total. The average molecular weight is 505 g/mol. The van der Waals surface area contributed by atoms with Crippen molar-refractivity contribution in [1.29, 1.82) is 0 Å². The summed E-state index contributed by atoms with van der Waals surface area (Å²) in [6, 6.07) is 3.79. The van der Waals surface area contributed by atoms with Crippen LogP contribution in [0.5, 0.6) is 5.75 Å². The van der Waals surface area contributed by atoms with Crippen LogP contribution in [0.1, 0.15) is 50.5 Å². The van der Waals surface area contributed by atoms with Crippen LogP contribution in [-0.4, -0.2) is 86.3 Å². The van der Waals surface area contributed by atoms with E-state index in [0.717, 1.165) is 26.2 Å². The van der Waals surface area contributed by atoms with Crippen molar-refractivity contribution in [2.75, 3.05) is 51.2 Å². The first-order valence-corrected chi connectivity index (χ1v) is 14.4. The third-order valence-electron chi connectivity index (χ3n) is 7.98. The molecule has 0 aromatic heterocycles. The maximum absolute atomic E-state index is 13.6. The van der Waals surface area contributed by atoms with Gasteiger partial charge in [0.25, 0.3) is 5.91 Å². The lowest BCUT2D eigenvalue weighted by Gasteiger charge is -2.42. The fourth-order valence-corrected chi connectivity index (χ4v) is 7.75. The molecule has 9 nitrogen and oxygen atoms in total. The van der Waals surface area contributed by atoms with E-state index in [0.29, 0.717) is 42.4 Å². The number of nitrogens with one attached hydrogen (secondary N) is 1. The summed E-state index contributed by atoms with van der Waals surface area (Å²) in [5.74, 6) is -0.131. The lowest BCUT2D eigenvalue weighted by atomic mass is 9.93. The normalized spacial score (nSPS) is 25.0. The molecule has 1 atom stereocenters. The van der Waals surface area contributed by atoms with Crippen molar-refractivity contribution < 1.29 is 22.7 Å². The largest absolute Gasteiger partial charge is 0.482 e. The molecular formula is C25H36N4O5S. The molecular weight excluding hydrogens is 468 g/mol. The standard InChI is InChI=1S/C25H36N4O5S/c1-18-14-21-22(34-17-24(30)26-21)15-23(18)35(32,33)29-9-5-6-19(16-29)25(31)28-12-10-27(11-13-28)20-7-3-2-4-8-20/h14-15,19-20H,2-13,16-17H2,1H3,(H,26,30)/t19-/m1/s1. The van der Waals surface area contributed by atoms with Gasteiger partial charge in [0.2, 0.25) is 15.9 Å². The average Bonchev–Trinajstić information content (AvgIpc) is 2.88. The predicted octanol–water partition coefficient (Wildman–Crippen LogP) is 2.20. The molecule has 192 valence electrons. The third-order valence-corrected chi connectivity index (χ3v) is 9.99. The summed E-state index contributed by atoms with van der Waals surface area (Å²) in [7, 11) is -3.80. The molecule has 3 heterocycles. The van der Waals surface area contributed by atoms with Crippen molar-refractivity contribution in [3.05, 3.63) is 17.7 Å². The minimum absolute atomic E-state index is 0.0846. The maximum Gasteiger partial charge on any atom is 0.262 e. The number of hydrogen-bond donors (Lipinski definition) is 1. The van der Waals surface area contributed by atoms with Gasteiger partial charge < -0.3 is 15.0 Å². The molecule has 5 rings (SSSR count). The molecule has 4 aliphatic rings. The van der Waals surface area contributed by atoms with Crippen LogP contribution in [0.3, 0.4) is 0 Å². The van der Waals surface area contributed by atoms with Crippen LogP contribution in [0.15, 0.2) is 17.0 Å². The molecule has 10 heteroatoms. The smallest absolute Gasteiger partial charge is 0.262 e. The Morgan fingerprint density at radius 2 is 1.74 bits per heavy atom.